The number of carbonyl (C=O) groups excluding carboxylic acids is 2. The summed E-state index contributed by atoms with van der Waals surface area (Å²) in [7, 11) is 0. The van der Waals surface area contributed by atoms with Crippen molar-refractivity contribution in [3.8, 4) is 0 Å². The largest absolute Gasteiger partial charge is 0.399 e. The van der Waals surface area contributed by atoms with E-state index in [4.69, 9.17) is 5.73 Å². The first kappa shape index (κ1) is 19.9. The van der Waals surface area contributed by atoms with Crippen molar-refractivity contribution < 1.29 is 9.59 Å². The summed E-state index contributed by atoms with van der Waals surface area (Å²) in [5.41, 5.74) is 8.65. The Morgan fingerprint density at radius 2 is 1.79 bits per heavy atom. The number of amides is 2. The first-order chi connectivity index (χ1) is 13.6. The van der Waals surface area contributed by atoms with Crippen molar-refractivity contribution in [2.75, 3.05) is 18.8 Å². The molecular formula is C23H29N3O2. The highest BCUT2D eigenvalue weighted by Crippen LogP contribution is 2.32. The number of hydrogen-bond donors (Lipinski definition) is 1. The van der Waals surface area contributed by atoms with Crippen LogP contribution in [-0.2, 0) is 16.1 Å². The summed E-state index contributed by atoms with van der Waals surface area (Å²) in [4.78, 5) is 29.2. The number of nitrogen functional groups attached to an aromatic ring is 1. The monoisotopic (exact) mass is 379 g/mol. The van der Waals surface area contributed by atoms with Gasteiger partial charge in [-0.1, -0.05) is 42.5 Å². The van der Waals surface area contributed by atoms with Gasteiger partial charge < -0.3 is 15.5 Å². The molecule has 1 heterocycles. The van der Waals surface area contributed by atoms with Crippen LogP contribution in [0.1, 0.15) is 49.8 Å². The van der Waals surface area contributed by atoms with Gasteiger partial charge >= 0.3 is 0 Å². The predicted molar refractivity (Wildman–Crippen MR) is 111 cm³/mol. The topological polar surface area (TPSA) is 66.6 Å². The first-order valence-electron chi connectivity index (χ1n) is 10.0. The van der Waals surface area contributed by atoms with Gasteiger partial charge in [0.25, 0.3) is 0 Å². The molecule has 2 amide bonds. The third-order valence-electron chi connectivity index (χ3n) is 5.40. The van der Waals surface area contributed by atoms with Crippen LogP contribution in [0.2, 0.25) is 0 Å². The minimum atomic E-state index is 0.0168. The molecule has 5 nitrogen and oxygen atoms in total. The van der Waals surface area contributed by atoms with Crippen LogP contribution in [0.3, 0.4) is 0 Å². The summed E-state index contributed by atoms with van der Waals surface area (Å²) in [5, 5.41) is 0. The second kappa shape index (κ2) is 9.40. The maximum absolute atomic E-state index is 12.8. The molecule has 2 aromatic rings. The molecule has 0 aromatic heterocycles. The molecule has 0 spiro atoms. The van der Waals surface area contributed by atoms with Crippen molar-refractivity contribution in [2.45, 2.75) is 45.2 Å². The Labute approximate surface area is 167 Å². The standard InChI is InChI=1S/C23H29N3O2/c1-2-25(17-18-10-12-20(24)13-11-18)22(27)14-15-23(28)26-16-6-9-21(26)19-7-4-3-5-8-19/h3-5,7-8,10-13,21H,2,6,9,14-17,24H2,1H3. The second-order valence-electron chi connectivity index (χ2n) is 7.31. The fourth-order valence-corrected chi connectivity index (χ4v) is 3.82. The molecule has 3 rings (SSSR count). The Balaban J connectivity index is 1.55. The molecule has 5 heteroatoms. The molecule has 28 heavy (non-hydrogen) atoms. The van der Waals surface area contributed by atoms with E-state index in [1.807, 2.05) is 54.3 Å². The highest BCUT2D eigenvalue weighted by atomic mass is 16.2. The summed E-state index contributed by atoms with van der Waals surface area (Å²) in [5.74, 6) is 0.0892. The molecule has 1 aliphatic heterocycles. The lowest BCUT2D eigenvalue weighted by Crippen LogP contribution is -2.34. The summed E-state index contributed by atoms with van der Waals surface area (Å²) in [6.07, 6.45) is 2.51. The highest BCUT2D eigenvalue weighted by Gasteiger charge is 2.30. The molecule has 1 fully saturated rings. The molecule has 0 bridgehead atoms. The Morgan fingerprint density at radius 3 is 2.46 bits per heavy atom. The van der Waals surface area contributed by atoms with Crippen LogP contribution in [0, 0.1) is 0 Å². The normalized spacial score (nSPS) is 16.2. The van der Waals surface area contributed by atoms with E-state index >= 15 is 0 Å². The van der Waals surface area contributed by atoms with Crippen molar-refractivity contribution >= 4 is 17.5 Å². The Hall–Kier alpha value is -2.82. The third kappa shape index (κ3) is 4.91. The number of rotatable bonds is 7. The molecule has 1 atom stereocenters. The summed E-state index contributed by atoms with van der Waals surface area (Å²) in [6.45, 7) is 3.90. The molecule has 1 aliphatic rings. The van der Waals surface area contributed by atoms with Gasteiger partial charge in [-0.05, 0) is 43.0 Å². The van der Waals surface area contributed by atoms with Gasteiger partial charge in [-0.25, -0.2) is 0 Å². The molecule has 148 valence electrons. The van der Waals surface area contributed by atoms with Crippen LogP contribution in [0.15, 0.2) is 54.6 Å². The smallest absolute Gasteiger partial charge is 0.223 e. The lowest BCUT2D eigenvalue weighted by Gasteiger charge is -2.26. The van der Waals surface area contributed by atoms with Crippen molar-refractivity contribution in [1.82, 2.24) is 9.80 Å². The number of nitrogens with zero attached hydrogens (tertiary/aromatic N) is 2. The zero-order valence-electron chi connectivity index (χ0n) is 16.5. The van der Waals surface area contributed by atoms with Crippen LogP contribution in [0.4, 0.5) is 5.69 Å². The van der Waals surface area contributed by atoms with E-state index in [9.17, 15) is 9.59 Å². The van der Waals surface area contributed by atoms with Crippen LogP contribution < -0.4 is 5.73 Å². The van der Waals surface area contributed by atoms with Crippen molar-refractivity contribution in [1.29, 1.82) is 0 Å². The van der Waals surface area contributed by atoms with Gasteiger partial charge in [0.1, 0.15) is 0 Å². The number of hydrogen-bond acceptors (Lipinski definition) is 3. The summed E-state index contributed by atoms with van der Waals surface area (Å²) >= 11 is 0. The van der Waals surface area contributed by atoms with Gasteiger partial charge in [-0.2, -0.15) is 0 Å². The number of carbonyl (C=O) groups is 2. The fraction of sp³-hybridized carbons (Fsp3) is 0.391. The number of anilines is 1. The molecule has 2 aromatic carbocycles. The van der Waals surface area contributed by atoms with Gasteiger partial charge in [-0.3, -0.25) is 9.59 Å². The first-order valence-corrected chi connectivity index (χ1v) is 10.0. The Kier molecular flexibility index (Phi) is 6.69. The quantitative estimate of drug-likeness (QED) is 0.745. The van der Waals surface area contributed by atoms with Gasteiger partial charge in [-0.15, -0.1) is 0 Å². The van der Waals surface area contributed by atoms with E-state index in [0.717, 1.165) is 24.9 Å². The average molecular weight is 380 g/mol. The zero-order valence-corrected chi connectivity index (χ0v) is 16.5. The average Bonchev–Trinajstić information content (AvgIpc) is 3.22. The van der Waals surface area contributed by atoms with Crippen LogP contribution >= 0.6 is 0 Å². The molecule has 0 radical (unpaired) electrons. The van der Waals surface area contributed by atoms with Crippen molar-refractivity contribution in [3.63, 3.8) is 0 Å². The van der Waals surface area contributed by atoms with E-state index in [1.54, 1.807) is 4.90 Å². The lowest BCUT2D eigenvalue weighted by molar-refractivity contribution is -0.137. The van der Waals surface area contributed by atoms with Gasteiger partial charge in [0, 0.05) is 38.2 Å². The van der Waals surface area contributed by atoms with Crippen LogP contribution in [-0.4, -0.2) is 34.7 Å². The highest BCUT2D eigenvalue weighted by molar-refractivity contribution is 5.84. The van der Waals surface area contributed by atoms with Crippen LogP contribution in [0.25, 0.3) is 0 Å². The summed E-state index contributed by atoms with van der Waals surface area (Å²) in [6, 6.07) is 17.9. The van der Waals surface area contributed by atoms with E-state index < -0.39 is 0 Å². The Morgan fingerprint density at radius 1 is 1.07 bits per heavy atom. The van der Waals surface area contributed by atoms with Crippen molar-refractivity contribution in [2.24, 2.45) is 0 Å². The van der Waals surface area contributed by atoms with E-state index in [-0.39, 0.29) is 30.7 Å². The maximum Gasteiger partial charge on any atom is 0.223 e. The maximum atomic E-state index is 12.8. The molecule has 2 N–H and O–H groups in total. The molecule has 1 saturated heterocycles. The molecule has 1 unspecified atom stereocenters. The molecule has 0 saturated carbocycles. The van der Waals surface area contributed by atoms with Crippen molar-refractivity contribution in [3.05, 3.63) is 65.7 Å². The van der Waals surface area contributed by atoms with Gasteiger partial charge in [0.15, 0.2) is 0 Å². The predicted octanol–water partition coefficient (Wildman–Crippen LogP) is 3.76. The number of nitrogens with two attached hydrogens (primary N) is 1. The molecule has 0 aliphatic carbocycles. The lowest BCUT2D eigenvalue weighted by atomic mass is 10.0. The number of benzene rings is 2. The second-order valence-corrected chi connectivity index (χ2v) is 7.31. The third-order valence-corrected chi connectivity index (χ3v) is 5.40. The molecular weight excluding hydrogens is 350 g/mol. The van der Waals surface area contributed by atoms with Crippen LogP contribution in [0.5, 0.6) is 0 Å². The minimum absolute atomic E-state index is 0.0168. The van der Waals surface area contributed by atoms with Gasteiger partial charge in [0.05, 0.1) is 6.04 Å². The SMILES string of the molecule is CCN(Cc1ccc(N)cc1)C(=O)CCC(=O)N1CCCC1c1ccccc1. The van der Waals surface area contributed by atoms with E-state index in [1.165, 1.54) is 5.56 Å². The van der Waals surface area contributed by atoms with E-state index in [2.05, 4.69) is 12.1 Å². The van der Waals surface area contributed by atoms with Gasteiger partial charge in [0.2, 0.25) is 11.8 Å². The van der Waals surface area contributed by atoms with E-state index in [0.29, 0.717) is 18.8 Å². The fourth-order valence-electron chi connectivity index (χ4n) is 3.82. The number of likely N-dealkylation sites (tertiary alicyclic amines) is 1. The zero-order chi connectivity index (χ0) is 19.9. The summed E-state index contributed by atoms with van der Waals surface area (Å²) < 4.78 is 0. The minimum Gasteiger partial charge on any atom is -0.399 e. The Bertz CT molecular complexity index is 789.